The number of amides is 2. The number of carbonyl (C=O) groups is 2. The first kappa shape index (κ1) is 30.1. The highest BCUT2D eigenvalue weighted by molar-refractivity contribution is 7.85. The van der Waals surface area contributed by atoms with Crippen molar-refractivity contribution in [2.24, 2.45) is 0 Å². The van der Waals surface area contributed by atoms with Crippen LogP contribution in [0.4, 0.5) is 5.69 Å². The van der Waals surface area contributed by atoms with Crippen LogP contribution in [0.3, 0.4) is 0 Å². The van der Waals surface area contributed by atoms with Crippen molar-refractivity contribution in [3.8, 4) is 5.75 Å². The smallest absolute Gasteiger partial charge is 0.266 e. The molecule has 0 aromatic heterocycles. The average molecular weight is 573 g/mol. The van der Waals surface area contributed by atoms with Crippen LogP contribution in [-0.4, -0.2) is 44.2 Å². The number of halogens is 1. The fourth-order valence-electron chi connectivity index (χ4n) is 3.97. The highest BCUT2D eigenvalue weighted by atomic mass is 35.5. The Labute approximate surface area is 234 Å². The highest BCUT2D eigenvalue weighted by Crippen LogP contribution is 2.30. The third-order valence-electron chi connectivity index (χ3n) is 6.22. The van der Waals surface area contributed by atoms with E-state index >= 15 is 0 Å². The fraction of sp³-hybridized carbons (Fsp3) is 0.310. The zero-order chi connectivity index (χ0) is 28.8. The van der Waals surface area contributed by atoms with E-state index < -0.39 is 27.7 Å². The quantitative estimate of drug-likeness (QED) is 0.286. The van der Waals surface area contributed by atoms with Gasteiger partial charge in [-0.2, -0.15) is 8.42 Å². The zero-order valence-electron chi connectivity index (χ0n) is 22.3. The third-order valence-corrected chi connectivity index (χ3v) is 7.23. The largest absolute Gasteiger partial charge is 0.495 e. The van der Waals surface area contributed by atoms with Crippen LogP contribution >= 0.6 is 11.6 Å². The summed E-state index contributed by atoms with van der Waals surface area (Å²) in [6.45, 7) is 6.17. The number of rotatable bonds is 10. The van der Waals surface area contributed by atoms with Gasteiger partial charge in [-0.05, 0) is 58.9 Å². The lowest BCUT2D eigenvalue weighted by Gasteiger charge is -2.22. The summed E-state index contributed by atoms with van der Waals surface area (Å²) in [6.07, 6.45) is 0.370. The highest BCUT2D eigenvalue weighted by Gasteiger charge is 2.23. The van der Waals surface area contributed by atoms with Crippen LogP contribution in [0.25, 0.3) is 0 Å². The van der Waals surface area contributed by atoms with E-state index in [9.17, 15) is 18.0 Å². The second kappa shape index (κ2) is 12.6. The minimum atomic E-state index is -4.16. The van der Waals surface area contributed by atoms with Crippen LogP contribution in [0.2, 0.25) is 5.02 Å². The number of methoxy groups -OCH3 is 1. The molecule has 8 nitrogen and oxygen atoms in total. The van der Waals surface area contributed by atoms with Crippen molar-refractivity contribution >= 4 is 39.2 Å². The monoisotopic (exact) mass is 572 g/mol. The number of hydrogen-bond donors (Lipinski definition) is 3. The number of anilines is 1. The molecule has 3 N–H and O–H groups in total. The number of carbonyl (C=O) groups excluding carboxylic acids is 2. The molecular weight excluding hydrogens is 540 g/mol. The van der Waals surface area contributed by atoms with Gasteiger partial charge in [-0.3, -0.25) is 14.1 Å². The summed E-state index contributed by atoms with van der Waals surface area (Å²) in [7, 11) is -2.64. The van der Waals surface area contributed by atoms with Crippen LogP contribution < -0.4 is 15.4 Å². The van der Waals surface area contributed by atoms with Crippen LogP contribution in [-0.2, 0) is 26.7 Å². The first-order valence-corrected chi connectivity index (χ1v) is 14.3. The molecular formula is C29H33ClN2O6S. The number of nitrogens with one attached hydrogen (secondary N) is 2. The molecule has 0 saturated heterocycles. The average Bonchev–Trinajstić information content (AvgIpc) is 2.86. The van der Waals surface area contributed by atoms with Gasteiger partial charge in [0.15, 0.2) is 0 Å². The molecule has 3 aromatic carbocycles. The van der Waals surface area contributed by atoms with Crippen molar-refractivity contribution in [3.63, 3.8) is 0 Å². The molecule has 0 bridgehead atoms. The van der Waals surface area contributed by atoms with Gasteiger partial charge in [0, 0.05) is 17.8 Å². The lowest BCUT2D eigenvalue weighted by atomic mass is 9.84. The van der Waals surface area contributed by atoms with Crippen molar-refractivity contribution in [1.29, 1.82) is 0 Å². The topological polar surface area (TPSA) is 122 Å². The third kappa shape index (κ3) is 8.81. The Morgan fingerprint density at radius 1 is 1.00 bits per heavy atom. The molecule has 0 aliphatic carbocycles. The summed E-state index contributed by atoms with van der Waals surface area (Å²) in [6, 6.07) is 19.7. The standard InChI is InChI=1S/C29H33ClN2O6S/c1-29(2,3)22-11-9-20(10-12-22)24(28(34)32-23-13-14-26(38-4)25(30)18-23)17-19-5-7-21(8-6-19)27(33)31-15-16-39(35,36)37/h5-14,18,24H,15-17H2,1-4H3,(H,31,33)(H,32,34)(H,35,36,37). The molecule has 0 saturated carbocycles. The molecule has 0 spiro atoms. The fourth-order valence-corrected chi connectivity index (χ4v) is 4.59. The maximum absolute atomic E-state index is 13.5. The van der Waals surface area contributed by atoms with Gasteiger partial charge >= 0.3 is 0 Å². The van der Waals surface area contributed by atoms with E-state index in [1.54, 1.807) is 42.5 Å². The molecule has 0 fully saturated rings. The summed E-state index contributed by atoms with van der Waals surface area (Å²) < 4.78 is 35.7. The van der Waals surface area contributed by atoms with E-state index in [0.717, 1.165) is 16.7 Å². The molecule has 10 heteroatoms. The number of hydrogen-bond acceptors (Lipinski definition) is 5. The van der Waals surface area contributed by atoms with Crippen LogP contribution in [0.1, 0.15) is 53.7 Å². The Morgan fingerprint density at radius 2 is 1.64 bits per heavy atom. The van der Waals surface area contributed by atoms with Gasteiger partial charge in [-0.15, -0.1) is 0 Å². The molecule has 39 heavy (non-hydrogen) atoms. The summed E-state index contributed by atoms with van der Waals surface area (Å²) in [5, 5.41) is 5.79. The van der Waals surface area contributed by atoms with Gasteiger partial charge in [-0.1, -0.05) is 68.8 Å². The van der Waals surface area contributed by atoms with Crippen molar-refractivity contribution < 1.29 is 27.3 Å². The molecule has 0 radical (unpaired) electrons. The second-order valence-corrected chi connectivity index (χ2v) is 12.2. The van der Waals surface area contributed by atoms with Crippen LogP contribution in [0.5, 0.6) is 5.75 Å². The van der Waals surface area contributed by atoms with Crippen LogP contribution in [0.15, 0.2) is 66.7 Å². The van der Waals surface area contributed by atoms with Gasteiger partial charge in [0.1, 0.15) is 5.75 Å². The lowest BCUT2D eigenvalue weighted by molar-refractivity contribution is -0.117. The normalized spacial score (nSPS) is 12.5. The van der Waals surface area contributed by atoms with Crippen molar-refractivity contribution in [3.05, 3.63) is 94.0 Å². The molecule has 0 aliphatic heterocycles. The predicted molar refractivity (Wildman–Crippen MR) is 153 cm³/mol. The Hall–Kier alpha value is -3.40. The molecule has 1 atom stereocenters. The molecule has 208 valence electrons. The van der Waals surface area contributed by atoms with E-state index in [1.807, 2.05) is 24.3 Å². The minimum absolute atomic E-state index is 0.0338. The Bertz CT molecular complexity index is 1420. The van der Waals surface area contributed by atoms with E-state index in [0.29, 0.717) is 28.4 Å². The maximum atomic E-state index is 13.5. The molecule has 3 rings (SSSR count). The first-order valence-electron chi connectivity index (χ1n) is 12.3. The lowest BCUT2D eigenvalue weighted by Crippen LogP contribution is -2.28. The Morgan fingerprint density at radius 3 is 2.18 bits per heavy atom. The van der Waals surface area contributed by atoms with Crippen molar-refractivity contribution in [2.45, 2.75) is 38.5 Å². The van der Waals surface area contributed by atoms with Crippen molar-refractivity contribution in [1.82, 2.24) is 5.32 Å². The first-order chi connectivity index (χ1) is 18.3. The SMILES string of the molecule is COc1ccc(NC(=O)C(Cc2ccc(C(=O)NCCS(=O)(=O)O)cc2)c2ccc(C(C)(C)C)cc2)cc1Cl. The number of benzene rings is 3. The Kier molecular flexibility index (Phi) is 9.77. The van der Waals surface area contributed by atoms with Gasteiger partial charge < -0.3 is 15.4 Å². The van der Waals surface area contributed by atoms with Crippen LogP contribution in [0, 0.1) is 0 Å². The maximum Gasteiger partial charge on any atom is 0.266 e. The van der Waals surface area contributed by atoms with E-state index in [1.165, 1.54) is 7.11 Å². The van der Waals surface area contributed by atoms with Gasteiger partial charge in [0.2, 0.25) is 5.91 Å². The molecule has 0 heterocycles. The molecule has 0 aliphatic rings. The minimum Gasteiger partial charge on any atom is -0.495 e. The van der Waals surface area contributed by atoms with Gasteiger partial charge in [0.25, 0.3) is 16.0 Å². The molecule has 3 aromatic rings. The van der Waals surface area contributed by atoms with E-state index in [-0.39, 0.29) is 17.9 Å². The Balaban J connectivity index is 1.82. The summed E-state index contributed by atoms with van der Waals surface area (Å²) in [5.41, 5.74) is 3.66. The molecule has 2 amide bonds. The van der Waals surface area contributed by atoms with Crippen molar-refractivity contribution in [2.75, 3.05) is 24.7 Å². The molecule has 1 unspecified atom stereocenters. The van der Waals surface area contributed by atoms with E-state index in [2.05, 4.69) is 31.4 Å². The van der Waals surface area contributed by atoms with Gasteiger partial charge in [0.05, 0.1) is 23.8 Å². The summed E-state index contributed by atoms with van der Waals surface area (Å²) in [4.78, 5) is 25.8. The second-order valence-electron chi connectivity index (χ2n) is 10.2. The van der Waals surface area contributed by atoms with E-state index in [4.69, 9.17) is 20.9 Å². The zero-order valence-corrected chi connectivity index (χ0v) is 23.9. The number of ether oxygens (including phenoxy) is 1. The summed E-state index contributed by atoms with van der Waals surface area (Å²) >= 11 is 6.24. The van der Waals surface area contributed by atoms with Gasteiger partial charge in [-0.25, -0.2) is 0 Å². The summed E-state index contributed by atoms with van der Waals surface area (Å²) in [5.74, 6) is -1.28. The predicted octanol–water partition coefficient (Wildman–Crippen LogP) is 5.23.